The van der Waals surface area contributed by atoms with Crippen LogP contribution in [-0.4, -0.2) is 10.9 Å². The molecule has 2 rings (SSSR count). The highest BCUT2D eigenvalue weighted by atomic mass is 16.3. The van der Waals surface area contributed by atoms with Crippen molar-refractivity contribution >= 4 is 5.78 Å². The third-order valence-corrected chi connectivity index (χ3v) is 4.15. The molecule has 0 saturated heterocycles. The second kappa shape index (κ2) is 9.83. The van der Waals surface area contributed by atoms with E-state index in [1.165, 1.54) is 37.7 Å². The molecule has 0 aliphatic rings. The molecular weight excluding hydrogens is 284 g/mol. The predicted molar refractivity (Wildman–Crippen MR) is 94.9 cm³/mol. The van der Waals surface area contributed by atoms with Crippen LogP contribution in [0.2, 0.25) is 0 Å². The Bertz CT molecular complexity index is 573. The number of Topliss-reactive ketones (excluding diaryl/α,β-unsaturated/α-hetero) is 1. The topological polar surface area (TPSA) is 37.3 Å². The third-order valence-electron chi connectivity index (χ3n) is 4.15. The standard InChI is InChI=1S/C21H26O2/c22-20-16-14-19(15-17-20)21(23)13-9-4-2-1-3-6-10-18-11-7-5-8-12-18/h5,7-8,11-12,14-17,22H,1-4,6,9-10,13H2. The van der Waals surface area contributed by atoms with Gasteiger partial charge in [0.2, 0.25) is 0 Å². The van der Waals surface area contributed by atoms with Crippen LogP contribution < -0.4 is 0 Å². The summed E-state index contributed by atoms with van der Waals surface area (Å²) >= 11 is 0. The molecular formula is C21H26O2. The van der Waals surface area contributed by atoms with Crippen molar-refractivity contribution in [1.82, 2.24) is 0 Å². The van der Waals surface area contributed by atoms with Crippen LogP contribution in [0.1, 0.15) is 60.9 Å². The van der Waals surface area contributed by atoms with Gasteiger partial charge in [0.1, 0.15) is 5.75 Å². The van der Waals surface area contributed by atoms with Gasteiger partial charge in [-0.15, -0.1) is 0 Å². The lowest BCUT2D eigenvalue weighted by Crippen LogP contribution is -1.98. The summed E-state index contributed by atoms with van der Waals surface area (Å²) < 4.78 is 0. The molecule has 122 valence electrons. The van der Waals surface area contributed by atoms with Gasteiger partial charge in [0.05, 0.1) is 0 Å². The number of aryl methyl sites for hydroxylation is 1. The summed E-state index contributed by atoms with van der Waals surface area (Å²) in [6.07, 6.45) is 8.82. The van der Waals surface area contributed by atoms with E-state index in [1.54, 1.807) is 24.3 Å². The summed E-state index contributed by atoms with van der Waals surface area (Å²) in [5.74, 6) is 0.381. The summed E-state index contributed by atoms with van der Waals surface area (Å²) in [6.45, 7) is 0. The lowest BCUT2D eigenvalue weighted by molar-refractivity contribution is 0.0979. The van der Waals surface area contributed by atoms with Gasteiger partial charge in [0.25, 0.3) is 0 Å². The Hall–Kier alpha value is -2.09. The molecule has 2 nitrogen and oxygen atoms in total. The summed E-state index contributed by atoms with van der Waals surface area (Å²) in [6, 6.07) is 17.2. The molecule has 0 aromatic heterocycles. The van der Waals surface area contributed by atoms with Gasteiger partial charge in [-0.05, 0) is 49.1 Å². The van der Waals surface area contributed by atoms with E-state index in [9.17, 15) is 9.90 Å². The van der Waals surface area contributed by atoms with Crippen molar-refractivity contribution in [3.8, 4) is 5.75 Å². The van der Waals surface area contributed by atoms with Crippen LogP contribution in [0.15, 0.2) is 54.6 Å². The van der Waals surface area contributed by atoms with Crippen LogP contribution in [-0.2, 0) is 6.42 Å². The number of hydrogen-bond acceptors (Lipinski definition) is 2. The van der Waals surface area contributed by atoms with Gasteiger partial charge in [0, 0.05) is 12.0 Å². The molecule has 1 N–H and O–H groups in total. The van der Waals surface area contributed by atoms with E-state index in [1.807, 2.05) is 0 Å². The Labute approximate surface area is 139 Å². The van der Waals surface area contributed by atoms with Gasteiger partial charge in [-0.3, -0.25) is 4.79 Å². The van der Waals surface area contributed by atoms with E-state index in [4.69, 9.17) is 0 Å². The maximum absolute atomic E-state index is 12.0. The number of unbranched alkanes of at least 4 members (excludes halogenated alkanes) is 5. The number of phenolic OH excluding ortho intramolecular Hbond substituents is 1. The lowest BCUT2D eigenvalue weighted by atomic mass is 10.0. The predicted octanol–water partition coefficient (Wildman–Crippen LogP) is 5.55. The molecule has 2 aromatic carbocycles. The third kappa shape index (κ3) is 6.68. The number of aromatic hydroxyl groups is 1. The number of carbonyl (C=O) groups excluding carboxylic acids is 1. The Morgan fingerprint density at radius 2 is 1.35 bits per heavy atom. The number of phenols is 1. The summed E-state index contributed by atoms with van der Waals surface area (Å²) in [5.41, 5.74) is 2.12. The summed E-state index contributed by atoms with van der Waals surface area (Å²) in [7, 11) is 0. The van der Waals surface area contributed by atoms with Crippen LogP contribution in [0.4, 0.5) is 0 Å². The minimum atomic E-state index is 0.175. The zero-order chi connectivity index (χ0) is 16.3. The van der Waals surface area contributed by atoms with Crippen LogP contribution in [0.3, 0.4) is 0 Å². The second-order valence-electron chi connectivity index (χ2n) is 6.08. The maximum atomic E-state index is 12.0. The molecule has 0 aliphatic carbocycles. The number of hydrogen-bond donors (Lipinski definition) is 1. The Kier molecular flexibility index (Phi) is 7.38. The highest BCUT2D eigenvalue weighted by Crippen LogP contribution is 2.14. The van der Waals surface area contributed by atoms with E-state index < -0.39 is 0 Å². The average Bonchev–Trinajstić information content (AvgIpc) is 2.58. The molecule has 0 saturated carbocycles. The Morgan fingerprint density at radius 3 is 2.04 bits per heavy atom. The molecule has 0 radical (unpaired) electrons. The van der Waals surface area contributed by atoms with Gasteiger partial charge < -0.3 is 5.11 Å². The fourth-order valence-corrected chi connectivity index (χ4v) is 2.76. The van der Waals surface area contributed by atoms with Crippen molar-refractivity contribution in [1.29, 1.82) is 0 Å². The lowest BCUT2D eigenvalue weighted by Gasteiger charge is -2.03. The molecule has 0 aliphatic heterocycles. The first kappa shape index (κ1) is 17.3. The minimum absolute atomic E-state index is 0.175. The van der Waals surface area contributed by atoms with E-state index in [0.29, 0.717) is 12.0 Å². The van der Waals surface area contributed by atoms with Crippen molar-refractivity contribution in [2.24, 2.45) is 0 Å². The molecule has 2 heteroatoms. The highest BCUT2D eigenvalue weighted by molar-refractivity contribution is 5.96. The number of ketones is 1. The van der Waals surface area contributed by atoms with Crippen molar-refractivity contribution in [2.45, 2.75) is 51.4 Å². The first-order valence-corrected chi connectivity index (χ1v) is 8.62. The van der Waals surface area contributed by atoms with Crippen molar-refractivity contribution in [2.75, 3.05) is 0 Å². The van der Waals surface area contributed by atoms with E-state index in [-0.39, 0.29) is 11.5 Å². The van der Waals surface area contributed by atoms with Crippen molar-refractivity contribution in [3.63, 3.8) is 0 Å². The molecule has 0 fully saturated rings. The van der Waals surface area contributed by atoms with Gasteiger partial charge in [0.15, 0.2) is 5.78 Å². The SMILES string of the molecule is O=C(CCCCCCCCc1ccccc1)c1ccc(O)cc1. The molecule has 0 spiro atoms. The zero-order valence-corrected chi connectivity index (χ0v) is 13.7. The fraction of sp³-hybridized carbons (Fsp3) is 0.381. The van der Waals surface area contributed by atoms with Crippen molar-refractivity contribution in [3.05, 3.63) is 65.7 Å². The second-order valence-corrected chi connectivity index (χ2v) is 6.08. The quantitative estimate of drug-likeness (QED) is 0.461. The van der Waals surface area contributed by atoms with Gasteiger partial charge in [-0.1, -0.05) is 56.0 Å². The van der Waals surface area contributed by atoms with Gasteiger partial charge in [-0.2, -0.15) is 0 Å². The Morgan fingerprint density at radius 1 is 0.739 bits per heavy atom. The van der Waals surface area contributed by atoms with Crippen LogP contribution in [0.25, 0.3) is 0 Å². The van der Waals surface area contributed by atoms with E-state index >= 15 is 0 Å². The fourth-order valence-electron chi connectivity index (χ4n) is 2.76. The van der Waals surface area contributed by atoms with Crippen LogP contribution >= 0.6 is 0 Å². The van der Waals surface area contributed by atoms with Crippen LogP contribution in [0.5, 0.6) is 5.75 Å². The number of carbonyl (C=O) groups is 1. The number of rotatable bonds is 10. The van der Waals surface area contributed by atoms with E-state index in [0.717, 1.165) is 12.8 Å². The minimum Gasteiger partial charge on any atom is -0.508 e. The molecule has 0 unspecified atom stereocenters. The molecule has 0 heterocycles. The first-order chi connectivity index (χ1) is 11.3. The van der Waals surface area contributed by atoms with Gasteiger partial charge >= 0.3 is 0 Å². The molecule has 23 heavy (non-hydrogen) atoms. The molecule has 0 atom stereocenters. The number of benzene rings is 2. The monoisotopic (exact) mass is 310 g/mol. The van der Waals surface area contributed by atoms with E-state index in [2.05, 4.69) is 30.3 Å². The first-order valence-electron chi connectivity index (χ1n) is 8.62. The summed E-state index contributed by atoms with van der Waals surface area (Å²) in [4.78, 5) is 12.0. The highest BCUT2D eigenvalue weighted by Gasteiger charge is 2.05. The maximum Gasteiger partial charge on any atom is 0.162 e. The van der Waals surface area contributed by atoms with Gasteiger partial charge in [-0.25, -0.2) is 0 Å². The van der Waals surface area contributed by atoms with Crippen molar-refractivity contribution < 1.29 is 9.90 Å². The largest absolute Gasteiger partial charge is 0.508 e. The normalized spacial score (nSPS) is 10.6. The Balaban J connectivity index is 1.49. The van der Waals surface area contributed by atoms with Crippen LogP contribution in [0, 0.1) is 0 Å². The zero-order valence-electron chi connectivity index (χ0n) is 13.7. The molecule has 0 amide bonds. The smallest absolute Gasteiger partial charge is 0.162 e. The molecule has 2 aromatic rings. The average molecular weight is 310 g/mol. The summed E-state index contributed by atoms with van der Waals surface area (Å²) in [5, 5.41) is 9.22. The molecule has 0 bridgehead atoms.